The fraction of sp³-hybridized carbons (Fsp3) is 0.481. The lowest BCUT2D eigenvalue weighted by atomic mass is 9.54. The number of rotatable bonds is 16. The van der Waals surface area contributed by atoms with Crippen LogP contribution in [0.15, 0.2) is 113 Å². The number of carbonyl (C=O) groups excluding carboxylic acids is 9. The number of aliphatic hydroxyl groups excluding tert-OH is 7. The van der Waals surface area contributed by atoms with Crippen LogP contribution in [-0.2, 0) is 48.5 Å². The number of likely N-dealkylation sites (N-methyl/N-ethyl adjacent to an activating group) is 1. The SMILES string of the molecule is CCOc1ccc(NC(=O)Oc2cc(O)c3c(c2)[C@@H](C(=O)NC2C4CC5CC(C4)CC2C5)NC(=O)[C@H]2NC(=O)[C@H](NC(=O)C4NC(=O)[C@H](CC(N)=O)NC(=O)[C@H](NC(=O)[C@@H](CC(C)C)NC)[C@H](O)C5=CC(C)=C(Oc6cc4cc(c6O[C@@H]4O[C@H](CO)[C@@H](O)[C@H](O)[C@H]4O)Oc4ccc(cc4Cl)[C@H]2O)C5C)C2=CC=C(O)C23C)cc1. The number of nitrogens with two attached hydrogens (primary N) is 1. The van der Waals surface area contributed by atoms with E-state index < -0.39 is 215 Å². The highest BCUT2D eigenvalue weighted by Gasteiger charge is 2.54. The first kappa shape index (κ1) is 80.7. The molecule has 4 saturated carbocycles. The summed E-state index contributed by atoms with van der Waals surface area (Å²) in [6.45, 7) is 9.31. The maximum Gasteiger partial charge on any atom is 0.417 e. The number of hydrogen-bond donors (Lipinski definition) is 18. The van der Waals surface area contributed by atoms with Gasteiger partial charge in [0.1, 0.15) is 107 Å². The van der Waals surface area contributed by atoms with Crippen molar-refractivity contribution in [3.63, 3.8) is 0 Å². The highest BCUT2D eigenvalue weighted by Crippen LogP contribution is 2.56. The summed E-state index contributed by atoms with van der Waals surface area (Å²) in [7, 11) is 1.50. The van der Waals surface area contributed by atoms with Crippen molar-refractivity contribution in [1.82, 2.24) is 42.5 Å². The van der Waals surface area contributed by atoms with Crippen molar-refractivity contribution < 1.29 is 112 Å². The van der Waals surface area contributed by atoms with Gasteiger partial charge in [-0.25, -0.2) is 4.79 Å². The molecule has 5 aliphatic heterocycles. The van der Waals surface area contributed by atoms with E-state index in [2.05, 4.69) is 47.9 Å². The van der Waals surface area contributed by atoms with Crippen LogP contribution < -0.4 is 77.3 Å². The molecule has 11 aliphatic rings. The van der Waals surface area contributed by atoms with Crippen molar-refractivity contribution in [1.29, 1.82) is 0 Å². The van der Waals surface area contributed by atoms with Crippen LogP contribution in [0.1, 0.15) is 127 Å². The van der Waals surface area contributed by atoms with Crippen LogP contribution in [0.4, 0.5) is 10.5 Å². The van der Waals surface area contributed by atoms with E-state index in [0.717, 1.165) is 62.4 Å². The van der Waals surface area contributed by atoms with Gasteiger partial charge in [0, 0.05) is 29.3 Å². The maximum absolute atomic E-state index is 16.5. The lowest BCUT2D eigenvalue weighted by molar-refractivity contribution is -0.277. The molecule has 3 unspecified atom stereocenters. The summed E-state index contributed by atoms with van der Waals surface area (Å²) in [5.41, 5.74) is 2.27. The summed E-state index contributed by atoms with van der Waals surface area (Å²) < 4.78 is 37.3. The van der Waals surface area contributed by atoms with Gasteiger partial charge in [0.25, 0.3) is 0 Å². The Morgan fingerprint density at radius 2 is 1.41 bits per heavy atom. The average Bonchev–Trinajstić information content (AvgIpc) is 1.60. The molecule has 5 fully saturated rings. The third kappa shape index (κ3) is 16.1. The topological polar surface area (TPSA) is 505 Å². The van der Waals surface area contributed by atoms with Crippen LogP contribution in [0.5, 0.6) is 40.2 Å². The summed E-state index contributed by atoms with van der Waals surface area (Å²) in [6, 6.07) is -0.198. The predicted molar refractivity (Wildman–Crippen MR) is 400 cm³/mol. The fourth-order valence-corrected chi connectivity index (χ4v) is 17.8. The molecular weight excluding hydrogens is 1490 g/mol. The Bertz CT molecular complexity index is 4580. The number of fused-ring (bicyclic) bond motifs is 9. The van der Waals surface area contributed by atoms with Crippen molar-refractivity contribution in [2.75, 3.05) is 25.6 Å². The average molecular weight is 1590 g/mol. The molecule has 4 aromatic rings. The van der Waals surface area contributed by atoms with E-state index in [0.29, 0.717) is 24.2 Å². The van der Waals surface area contributed by atoms with Crippen LogP contribution in [0.2, 0.25) is 5.02 Å². The third-order valence-electron chi connectivity index (χ3n) is 23.0. The molecule has 0 aromatic heterocycles. The van der Waals surface area contributed by atoms with E-state index in [9.17, 15) is 55.2 Å². The van der Waals surface area contributed by atoms with Crippen LogP contribution in [0.25, 0.3) is 0 Å². The van der Waals surface area contributed by atoms with Gasteiger partial charge < -0.3 is 118 Å². The predicted octanol–water partition coefficient (Wildman–Crippen LogP) is 2.73. The first-order valence-electron chi connectivity index (χ1n) is 37.6. The van der Waals surface area contributed by atoms with Gasteiger partial charge in [-0.2, -0.15) is 0 Å². The molecule has 16 atom stereocenters. The lowest BCUT2D eigenvalue weighted by Gasteiger charge is -2.54. The highest BCUT2D eigenvalue weighted by atomic mass is 35.5. The van der Waals surface area contributed by atoms with E-state index in [1.54, 1.807) is 32.9 Å². The van der Waals surface area contributed by atoms with Crippen LogP contribution in [0, 0.1) is 35.5 Å². The Hall–Kier alpha value is -10.4. The van der Waals surface area contributed by atoms with Gasteiger partial charge in [-0.15, -0.1) is 0 Å². The molecule has 9 amide bonds. The number of amides is 9. The standard InChI is InChI=1S/C79H93ClN10O23/c1-8-108-41-12-10-40(11-13-41)83-78(107)109-42-27-44-56(49(92)28-42)79(6)45(14-16-54(79)93)60-74(104)90-61(76(106)87-59(44)73(103)85-57-37-20-34-19-35(22-37)23-38(57)21-34)63(95)36-9-15-50(46(80)24-36)110-51-25-39-26-52(69(51)113-77-67(99)66(98)65(97)53(30-91)112-77)111-68-32(4)18-43(33(68)5)64(96)62(89-70(100)47(82-7)17-31(2)3)75(105)84-48(29-55(81)94)71(101)86-58(39)72(102)88-60/h9-16,18,24-28,31,33-35,37-38,47-48,53,57-67,77,82,91-93,95-99H,8,17,19-23,29-30H2,1-7H3,(H2,81,94)(H,83,107)(H,84,105)(H,85,103)(H,86,101)(H,87,106)(H,88,102)(H,89,100)(H,90,104)/t33?,34?,35?,37?,38?,47-,48+,53-,57?,58?,59+,60-,61+,62-,63-,64-,65-,66+,67-,77+,79?/m1/s1. The molecule has 604 valence electrons. The smallest absolute Gasteiger partial charge is 0.417 e. The number of aromatic hydroxyl groups is 1. The van der Waals surface area contributed by atoms with Crippen LogP contribution in [-0.4, -0.2) is 188 Å². The van der Waals surface area contributed by atoms with Crippen molar-refractivity contribution in [2.24, 2.45) is 41.2 Å². The second-order valence-electron chi connectivity index (χ2n) is 31.0. The first-order valence-corrected chi connectivity index (χ1v) is 38.0. The molecule has 34 heteroatoms. The first-order chi connectivity index (χ1) is 53.7. The Balaban J connectivity index is 1.01. The monoisotopic (exact) mass is 1580 g/mol. The van der Waals surface area contributed by atoms with E-state index in [-0.39, 0.29) is 74.2 Å². The number of hydrogen-bond acceptors (Lipinski definition) is 24. The Morgan fingerprint density at radius 3 is 2.05 bits per heavy atom. The van der Waals surface area contributed by atoms with Gasteiger partial charge in [0.05, 0.1) is 36.1 Å². The number of halogens is 1. The number of aliphatic hydroxyl groups is 7. The minimum Gasteiger partial charge on any atom is -0.511 e. The van der Waals surface area contributed by atoms with Crippen molar-refractivity contribution in [3.8, 4) is 40.2 Å². The Morgan fingerprint density at radius 1 is 0.735 bits per heavy atom. The van der Waals surface area contributed by atoms with E-state index in [1.807, 2.05) is 13.8 Å². The number of phenolic OH excluding ortho intramolecular Hbond substituents is 1. The molecule has 19 N–H and O–H groups in total. The summed E-state index contributed by atoms with van der Waals surface area (Å²) in [4.78, 5) is 137. The molecule has 13 bridgehead atoms. The summed E-state index contributed by atoms with van der Waals surface area (Å²) in [5.74, 6) is -13.4. The molecule has 5 heterocycles. The molecule has 0 spiro atoms. The van der Waals surface area contributed by atoms with Gasteiger partial charge in [0.15, 0.2) is 11.5 Å². The largest absolute Gasteiger partial charge is 0.511 e. The molecule has 33 nitrogen and oxygen atoms in total. The Labute approximate surface area is 653 Å². The van der Waals surface area contributed by atoms with E-state index in [1.165, 1.54) is 56.5 Å². The highest BCUT2D eigenvalue weighted by molar-refractivity contribution is 6.32. The number of benzene rings is 4. The van der Waals surface area contributed by atoms with E-state index in [4.69, 9.17) is 45.8 Å². The molecule has 0 radical (unpaired) electrons. The minimum absolute atomic E-state index is 0.0200. The number of phenols is 1. The second-order valence-corrected chi connectivity index (χ2v) is 31.4. The van der Waals surface area contributed by atoms with Gasteiger partial charge in [-0.3, -0.25) is 43.7 Å². The van der Waals surface area contributed by atoms with E-state index >= 15 is 28.8 Å². The Kier molecular flexibility index (Phi) is 23.3. The summed E-state index contributed by atoms with van der Waals surface area (Å²) >= 11 is 7.20. The fourth-order valence-electron chi connectivity index (χ4n) is 17.5. The zero-order chi connectivity index (χ0) is 81.1. The van der Waals surface area contributed by atoms with Gasteiger partial charge >= 0.3 is 6.09 Å². The van der Waals surface area contributed by atoms with Crippen LogP contribution >= 0.6 is 11.6 Å². The third-order valence-corrected chi connectivity index (χ3v) is 23.3. The molecule has 113 heavy (non-hydrogen) atoms. The number of primary amides is 1. The van der Waals surface area contributed by atoms with Gasteiger partial charge in [-0.05, 0) is 190 Å². The summed E-state index contributed by atoms with van der Waals surface area (Å²) in [5, 5.41) is 119. The molecular formula is C79H93ClN10O23. The second kappa shape index (κ2) is 32.6. The molecule has 6 aliphatic carbocycles. The number of ether oxygens (including phenoxy) is 6. The van der Waals surface area contributed by atoms with Crippen molar-refractivity contribution in [2.45, 2.75) is 183 Å². The zero-order valence-electron chi connectivity index (χ0n) is 62.7. The van der Waals surface area contributed by atoms with Crippen LogP contribution in [0.3, 0.4) is 0 Å². The number of nitrogens with one attached hydrogen (secondary N) is 9. The van der Waals surface area contributed by atoms with Gasteiger partial charge in [0.2, 0.25) is 59.3 Å². The zero-order valence-corrected chi connectivity index (χ0v) is 63.5. The number of anilines is 1. The molecule has 1 saturated heterocycles. The quantitative estimate of drug-likeness (QED) is 0.0767. The summed E-state index contributed by atoms with van der Waals surface area (Å²) in [6.07, 6.45) is -7.84. The minimum atomic E-state index is -2.34. The molecule has 15 rings (SSSR count). The lowest BCUT2D eigenvalue weighted by Crippen LogP contribution is -2.61. The molecule has 4 aromatic carbocycles. The van der Waals surface area contributed by atoms with Gasteiger partial charge in [-0.1, -0.05) is 50.6 Å². The maximum atomic E-state index is 16.5. The number of carbonyl (C=O) groups is 9. The number of allylic oxidation sites excluding steroid dienone is 6. The normalized spacial score (nSPS) is 31.5. The van der Waals surface area contributed by atoms with Crippen molar-refractivity contribution >= 4 is 70.6 Å². The van der Waals surface area contributed by atoms with Crippen molar-refractivity contribution in [3.05, 3.63) is 140 Å².